The Balaban J connectivity index is 2.34. The molecule has 1 amide bonds. The van der Waals surface area contributed by atoms with E-state index in [1.54, 1.807) is 18.2 Å². The zero-order valence-corrected chi connectivity index (χ0v) is 17.3. The summed E-state index contributed by atoms with van der Waals surface area (Å²) in [5.74, 6) is -2.47. The van der Waals surface area contributed by atoms with Crippen molar-refractivity contribution in [3.8, 4) is 0 Å². The first-order chi connectivity index (χ1) is 14.4. The van der Waals surface area contributed by atoms with Crippen LogP contribution in [0.4, 0.5) is 8.78 Å². The number of carbonyl (C=O) groups is 1. The van der Waals surface area contributed by atoms with Crippen molar-refractivity contribution in [2.75, 3.05) is 27.9 Å². The van der Waals surface area contributed by atoms with Crippen LogP contribution in [-0.4, -0.2) is 45.2 Å². The monoisotopic (exact) mass is 439 g/mol. The highest BCUT2D eigenvalue weighted by atomic mass is 35.5. The van der Waals surface area contributed by atoms with Crippen molar-refractivity contribution in [2.45, 2.75) is 6.61 Å². The number of nitrogens with one attached hydrogen (secondary N) is 1. The number of methoxy groups -OCH3 is 1. The Labute approximate surface area is 177 Å². The lowest BCUT2D eigenvalue weighted by molar-refractivity contribution is -0.114. The SMILES string of the molecule is CNC(=O)/C(=N/OC)c1cccc(Cl)c1CO/N=C(\COC)c1ccc(F)c(F)c1. The predicted octanol–water partition coefficient (Wildman–Crippen LogP) is 3.28. The third-order valence-corrected chi connectivity index (χ3v) is 4.27. The number of nitrogens with zero attached hydrogens (tertiary/aromatic N) is 2. The molecule has 0 heterocycles. The van der Waals surface area contributed by atoms with Gasteiger partial charge in [-0.15, -0.1) is 0 Å². The number of amides is 1. The molecule has 0 aromatic heterocycles. The van der Waals surface area contributed by atoms with Crippen LogP contribution in [0.5, 0.6) is 0 Å². The van der Waals surface area contributed by atoms with Crippen molar-refractivity contribution >= 4 is 28.9 Å². The third kappa shape index (κ3) is 5.74. The second-order valence-electron chi connectivity index (χ2n) is 5.84. The van der Waals surface area contributed by atoms with Gasteiger partial charge in [-0.1, -0.05) is 34.0 Å². The summed E-state index contributed by atoms with van der Waals surface area (Å²) in [6.07, 6.45) is 0. The van der Waals surface area contributed by atoms with Crippen LogP contribution in [-0.2, 0) is 25.8 Å². The summed E-state index contributed by atoms with van der Waals surface area (Å²) < 4.78 is 31.8. The average molecular weight is 440 g/mol. The lowest BCUT2D eigenvalue weighted by Gasteiger charge is -2.12. The van der Waals surface area contributed by atoms with Crippen LogP contribution in [0.3, 0.4) is 0 Å². The summed E-state index contributed by atoms with van der Waals surface area (Å²) in [5.41, 5.74) is 1.36. The average Bonchev–Trinajstić information content (AvgIpc) is 2.74. The van der Waals surface area contributed by atoms with Gasteiger partial charge in [-0.2, -0.15) is 0 Å². The Morgan fingerprint density at radius 1 is 1.13 bits per heavy atom. The molecule has 0 aliphatic carbocycles. The maximum Gasteiger partial charge on any atom is 0.273 e. The quantitative estimate of drug-likeness (QED) is 0.480. The first-order valence-electron chi connectivity index (χ1n) is 8.67. The van der Waals surface area contributed by atoms with E-state index in [0.29, 0.717) is 21.7 Å². The highest BCUT2D eigenvalue weighted by Gasteiger charge is 2.20. The molecule has 2 rings (SSSR count). The summed E-state index contributed by atoms with van der Waals surface area (Å²) in [4.78, 5) is 22.3. The van der Waals surface area contributed by atoms with E-state index in [4.69, 9.17) is 26.0 Å². The molecule has 160 valence electrons. The van der Waals surface area contributed by atoms with Crippen molar-refractivity contribution in [2.24, 2.45) is 10.3 Å². The van der Waals surface area contributed by atoms with Crippen molar-refractivity contribution in [3.05, 3.63) is 69.7 Å². The smallest absolute Gasteiger partial charge is 0.273 e. The first-order valence-corrected chi connectivity index (χ1v) is 9.04. The van der Waals surface area contributed by atoms with Crippen LogP contribution >= 0.6 is 11.6 Å². The minimum atomic E-state index is -1.02. The third-order valence-electron chi connectivity index (χ3n) is 3.92. The molecule has 10 heteroatoms. The molecule has 0 aliphatic heterocycles. The second-order valence-corrected chi connectivity index (χ2v) is 6.25. The Hall–Kier alpha value is -3.04. The highest BCUT2D eigenvalue weighted by Crippen LogP contribution is 2.22. The maximum atomic E-state index is 13.6. The summed E-state index contributed by atoms with van der Waals surface area (Å²) in [5, 5.41) is 10.5. The van der Waals surface area contributed by atoms with Gasteiger partial charge in [-0.3, -0.25) is 4.79 Å². The molecule has 0 unspecified atom stereocenters. The zero-order valence-electron chi connectivity index (χ0n) is 16.5. The molecule has 7 nitrogen and oxygen atoms in total. The van der Waals surface area contributed by atoms with Crippen LogP contribution in [0.2, 0.25) is 5.02 Å². The second kappa shape index (κ2) is 11.2. The van der Waals surface area contributed by atoms with Crippen LogP contribution in [0, 0.1) is 11.6 Å². The van der Waals surface area contributed by atoms with Gasteiger partial charge in [0.05, 0.1) is 6.61 Å². The standard InChI is InChI=1S/C20H20ClF2N3O4/c1-24-20(27)19(26-29-3)13-5-4-6-15(21)14(13)10-30-25-18(11-28-2)12-7-8-16(22)17(23)9-12/h4-9H,10-11H2,1-3H3,(H,24,27)/b25-18+,26-19+. The number of rotatable bonds is 9. The Bertz CT molecular complexity index is 967. The molecule has 0 aliphatic rings. The fourth-order valence-electron chi connectivity index (χ4n) is 2.50. The van der Waals surface area contributed by atoms with Gasteiger partial charge in [-0.25, -0.2) is 8.78 Å². The van der Waals surface area contributed by atoms with Gasteiger partial charge in [0.1, 0.15) is 19.4 Å². The molecule has 2 aromatic carbocycles. The van der Waals surface area contributed by atoms with E-state index in [1.165, 1.54) is 27.3 Å². The van der Waals surface area contributed by atoms with E-state index in [9.17, 15) is 13.6 Å². The van der Waals surface area contributed by atoms with Gasteiger partial charge in [-0.05, 0) is 24.3 Å². The van der Waals surface area contributed by atoms with E-state index >= 15 is 0 Å². The normalized spacial score (nSPS) is 11.9. The van der Waals surface area contributed by atoms with Gasteiger partial charge in [0, 0.05) is 35.9 Å². The molecule has 2 aromatic rings. The topological polar surface area (TPSA) is 81.5 Å². The molecule has 0 saturated heterocycles. The van der Waals surface area contributed by atoms with Gasteiger partial charge in [0.2, 0.25) is 0 Å². The lowest BCUT2D eigenvalue weighted by atomic mass is 10.0. The van der Waals surface area contributed by atoms with Crippen molar-refractivity contribution in [3.63, 3.8) is 0 Å². The molecule has 0 saturated carbocycles. The molecule has 0 spiro atoms. The van der Waals surface area contributed by atoms with Crippen molar-refractivity contribution < 1.29 is 28.0 Å². The lowest BCUT2D eigenvalue weighted by Crippen LogP contribution is -2.29. The maximum absolute atomic E-state index is 13.6. The van der Waals surface area contributed by atoms with Gasteiger partial charge in [0.25, 0.3) is 5.91 Å². The molecule has 0 fully saturated rings. The van der Waals surface area contributed by atoms with Crippen LogP contribution in [0.25, 0.3) is 0 Å². The molecule has 0 atom stereocenters. The number of benzene rings is 2. The van der Waals surface area contributed by atoms with Gasteiger partial charge in [0.15, 0.2) is 17.3 Å². The highest BCUT2D eigenvalue weighted by molar-refractivity contribution is 6.46. The minimum Gasteiger partial charge on any atom is -0.398 e. The summed E-state index contributed by atoms with van der Waals surface area (Å²) >= 11 is 6.28. The zero-order chi connectivity index (χ0) is 22.1. The molecule has 0 bridgehead atoms. The fraction of sp³-hybridized carbons (Fsp3) is 0.250. The van der Waals surface area contributed by atoms with E-state index < -0.39 is 17.5 Å². The molecular weight excluding hydrogens is 420 g/mol. The van der Waals surface area contributed by atoms with Gasteiger partial charge >= 0.3 is 0 Å². The van der Waals surface area contributed by atoms with Crippen molar-refractivity contribution in [1.29, 1.82) is 0 Å². The molecular formula is C20H20ClF2N3O4. The van der Waals surface area contributed by atoms with Crippen molar-refractivity contribution in [1.82, 2.24) is 5.32 Å². The summed E-state index contributed by atoms with van der Waals surface area (Å²) in [6, 6.07) is 8.23. The number of halogens is 3. The minimum absolute atomic E-state index is 0.00259. The number of hydrogen-bond acceptors (Lipinski definition) is 6. The Morgan fingerprint density at radius 3 is 2.53 bits per heavy atom. The number of hydrogen-bond donors (Lipinski definition) is 1. The number of likely N-dealkylation sites (N-methyl/N-ethyl adjacent to an activating group) is 1. The molecule has 30 heavy (non-hydrogen) atoms. The molecule has 1 N–H and O–H groups in total. The number of carbonyl (C=O) groups excluding carboxylic acids is 1. The summed E-state index contributed by atoms with van der Waals surface area (Å²) in [6.45, 7) is -0.138. The molecule has 0 radical (unpaired) electrons. The van der Waals surface area contributed by atoms with Crippen LogP contribution < -0.4 is 5.32 Å². The van der Waals surface area contributed by atoms with E-state index in [1.807, 2.05) is 0 Å². The number of ether oxygens (including phenoxy) is 1. The Morgan fingerprint density at radius 2 is 1.90 bits per heavy atom. The first kappa shape index (κ1) is 23.2. The van der Waals surface area contributed by atoms with E-state index in [2.05, 4.69) is 15.6 Å². The Kier molecular flexibility index (Phi) is 8.70. The van der Waals surface area contributed by atoms with Crippen LogP contribution in [0.1, 0.15) is 16.7 Å². The van der Waals surface area contributed by atoms with Gasteiger partial charge < -0.3 is 19.7 Å². The fourth-order valence-corrected chi connectivity index (χ4v) is 2.73. The number of oxime groups is 2. The largest absolute Gasteiger partial charge is 0.398 e. The van der Waals surface area contributed by atoms with E-state index in [-0.39, 0.29) is 24.6 Å². The predicted molar refractivity (Wildman–Crippen MR) is 109 cm³/mol. The van der Waals surface area contributed by atoms with Crippen LogP contribution in [0.15, 0.2) is 46.7 Å². The van der Waals surface area contributed by atoms with E-state index in [0.717, 1.165) is 12.1 Å². The summed E-state index contributed by atoms with van der Waals surface area (Å²) in [7, 11) is 4.20.